The molecule has 0 radical (unpaired) electrons. The number of guanidine groups is 1. The molecule has 0 unspecified atom stereocenters. The molecule has 0 aromatic heterocycles. The SMILES string of the molecule is CN=C(NC)NC1CCCCC1.I. The van der Waals surface area contributed by atoms with Crippen molar-refractivity contribution in [3.8, 4) is 0 Å². The maximum atomic E-state index is 4.10. The molecule has 0 aromatic rings. The summed E-state index contributed by atoms with van der Waals surface area (Å²) in [6.07, 6.45) is 6.70. The molecular weight excluding hydrogens is 277 g/mol. The molecule has 0 atom stereocenters. The van der Waals surface area contributed by atoms with Gasteiger partial charge in [-0.25, -0.2) is 0 Å². The maximum Gasteiger partial charge on any atom is 0.190 e. The Morgan fingerprint density at radius 1 is 1.23 bits per heavy atom. The van der Waals surface area contributed by atoms with Crippen molar-refractivity contribution >= 4 is 29.9 Å². The third-order valence-electron chi connectivity index (χ3n) is 2.41. The van der Waals surface area contributed by atoms with Gasteiger partial charge >= 0.3 is 0 Å². The molecule has 0 heterocycles. The fourth-order valence-corrected chi connectivity index (χ4v) is 1.69. The van der Waals surface area contributed by atoms with Crippen LogP contribution in [0.25, 0.3) is 0 Å². The highest BCUT2D eigenvalue weighted by Crippen LogP contribution is 2.16. The van der Waals surface area contributed by atoms with Gasteiger partial charge in [0.25, 0.3) is 0 Å². The standard InChI is InChI=1S/C9H19N3.HI/c1-10-9(11-2)12-8-6-4-3-5-7-8;/h8H,3-7H2,1-2H3,(H2,10,11,12);1H. The summed E-state index contributed by atoms with van der Waals surface area (Å²) < 4.78 is 0. The van der Waals surface area contributed by atoms with Crippen molar-refractivity contribution in [2.75, 3.05) is 14.1 Å². The average molecular weight is 297 g/mol. The number of aliphatic imine (C=N–C) groups is 1. The average Bonchev–Trinajstić information content (AvgIpc) is 2.16. The van der Waals surface area contributed by atoms with Gasteiger partial charge in [-0.15, -0.1) is 24.0 Å². The van der Waals surface area contributed by atoms with E-state index in [0.717, 1.165) is 5.96 Å². The van der Waals surface area contributed by atoms with Crippen molar-refractivity contribution in [1.29, 1.82) is 0 Å². The van der Waals surface area contributed by atoms with Gasteiger partial charge in [0.15, 0.2) is 5.96 Å². The minimum atomic E-state index is 0. The molecule has 0 aromatic carbocycles. The summed E-state index contributed by atoms with van der Waals surface area (Å²) in [7, 11) is 3.71. The van der Waals surface area contributed by atoms with Crippen LogP contribution in [0.2, 0.25) is 0 Å². The van der Waals surface area contributed by atoms with Crippen LogP contribution >= 0.6 is 24.0 Å². The summed E-state index contributed by atoms with van der Waals surface area (Å²) in [5.41, 5.74) is 0. The van der Waals surface area contributed by atoms with Crippen LogP contribution < -0.4 is 10.6 Å². The van der Waals surface area contributed by atoms with Gasteiger partial charge in [0.1, 0.15) is 0 Å². The summed E-state index contributed by atoms with van der Waals surface area (Å²) in [4.78, 5) is 4.10. The fourth-order valence-electron chi connectivity index (χ4n) is 1.69. The monoisotopic (exact) mass is 297 g/mol. The molecule has 1 rings (SSSR count). The van der Waals surface area contributed by atoms with Crippen LogP contribution in [0.15, 0.2) is 4.99 Å². The molecule has 3 nitrogen and oxygen atoms in total. The molecule has 13 heavy (non-hydrogen) atoms. The Labute approximate surface area is 97.8 Å². The van der Waals surface area contributed by atoms with Crippen molar-refractivity contribution in [1.82, 2.24) is 10.6 Å². The molecule has 0 saturated heterocycles. The topological polar surface area (TPSA) is 36.4 Å². The van der Waals surface area contributed by atoms with Gasteiger partial charge < -0.3 is 10.6 Å². The van der Waals surface area contributed by atoms with Gasteiger partial charge in [-0.3, -0.25) is 4.99 Å². The quantitative estimate of drug-likeness (QED) is 0.439. The number of halogens is 1. The van der Waals surface area contributed by atoms with E-state index in [0.29, 0.717) is 6.04 Å². The third kappa shape index (κ3) is 4.69. The molecule has 0 aliphatic heterocycles. The van der Waals surface area contributed by atoms with Crippen molar-refractivity contribution in [2.24, 2.45) is 4.99 Å². The molecule has 2 N–H and O–H groups in total. The lowest BCUT2D eigenvalue weighted by molar-refractivity contribution is 0.411. The zero-order chi connectivity index (χ0) is 8.81. The molecule has 1 aliphatic carbocycles. The van der Waals surface area contributed by atoms with Crippen LogP contribution in [0.4, 0.5) is 0 Å². The van der Waals surface area contributed by atoms with Gasteiger partial charge in [0.2, 0.25) is 0 Å². The van der Waals surface area contributed by atoms with Crippen LogP contribution in [0.3, 0.4) is 0 Å². The first-order valence-electron chi connectivity index (χ1n) is 4.78. The predicted octanol–water partition coefficient (Wildman–Crippen LogP) is 1.73. The minimum Gasteiger partial charge on any atom is -0.359 e. The second-order valence-electron chi connectivity index (χ2n) is 3.30. The van der Waals surface area contributed by atoms with Crippen LogP contribution in [0, 0.1) is 0 Å². The Hall–Kier alpha value is 0. The number of hydrogen-bond acceptors (Lipinski definition) is 1. The second kappa shape index (κ2) is 7.41. The zero-order valence-corrected chi connectivity index (χ0v) is 10.8. The van der Waals surface area contributed by atoms with Gasteiger partial charge in [0.05, 0.1) is 0 Å². The molecule has 0 bridgehead atoms. The van der Waals surface area contributed by atoms with Gasteiger partial charge in [-0.2, -0.15) is 0 Å². The van der Waals surface area contributed by atoms with E-state index in [-0.39, 0.29) is 24.0 Å². The fraction of sp³-hybridized carbons (Fsp3) is 0.889. The summed E-state index contributed by atoms with van der Waals surface area (Å²) in [5.74, 6) is 0.918. The maximum absolute atomic E-state index is 4.10. The highest BCUT2D eigenvalue weighted by atomic mass is 127. The zero-order valence-electron chi connectivity index (χ0n) is 8.47. The highest BCUT2D eigenvalue weighted by Gasteiger charge is 2.13. The van der Waals surface area contributed by atoms with E-state index in [9.17, 15) is 0 Å². The van der Waals surface area contributed by atoms with E-state index in [1.165, 1.54) is 32.1 Å². The van der Waals surface area contributed by atoms with Crippen LogP contribution in [-0.2, 0) is 0 Å². The molecule has 4 heteroatoms. The molecule has 1 fully saturated rings. The first-order chi connectivity index (χ1) is 5.86. The Kier molecular flexibility index (Phi) is 7.41. The van der Waals surface area contributed by atoms with Crippen molar-refractivity contribution in [2.45, 2.75) is 38.1 Å². The molecule has 1 saturated carbocycles. The van der Waals surface area contributed by atoms with Crippen LogP contribution in [0.5, 0.6) is 0 Å². The largest absolute Gasteiger partial charge is 0.359 e. The Balaban J connectivity index is 0.00000144. The van der Waals surface area contributed by atoms with Crippen LogP contribution in [0.1, 0.15) is 32.1 Å². The molecule has 0 spiro atoms. The van der Waals surface area contributed by atoms with Crippen molar-refractivity contribution in [3.05, 3.63) is 0 Å². The Bertz CT molecular complexity index is 153. The summed E-state index contributed by atoms with van der Waals surface area (Å²) in [6.45, 7) is 0. The molecule has 1 aliphatic rings. The first kappa shape index (κ1) is 13.0. The third-order valence-corrected chi connectivity index (χ3v) is 2.41. The first-order valence-corrected chi connectivity index (χ1v) is 4.78. The van der Waals surface area contributed by atoms with Crippen molar-refractivity contribution < 1.29 is 0 Å². The van der Waals surface area contributed by atoms with E-state index >= 15 is 0 Å². The molecular formula is C9H20IN3. The van der Waals surface area contributed by atoms with E-state index in [4.69, 9.17) is 0 Å². The molecule has 0 amide bonds. The normalized spacial score (nSPS) is 19.1. The van der Waals surface area contributed by atoms with Gasteiger partial charge in [-0.05, 0) is 12.8 Å². The predicted molar refractivity (Wildman–Crippen MR) is 67.8 cm³/mol. The van der Waals surface area contributed by atoms with E-state index < -0.39 is 0 Å². The lowest BCUT2D eigenvalue weighted by Crippen LogP contribution is -2.42. The van der Waals surface area contributed by atoms with E-state index in [1.807, 2.05) is 14.1 Å². The Morgan fingerprint density at radius 3 is 2.31 bits per heavy atom. The smallest absolute Gasteiger partial charge is 0.190 e. The van der Waals surface area contributed by atoms with Crippen molar-refractivity contribution in [3.63, 3.8) is 0 Å². The summed E-state index contributed by atoms with van der Waals surface area (Å²) >= 11 is 0. The number of hydrogen-bond donors (Lipinski definition) is 2. The molecule has 78 valence electrons. The number of nitrogens with one attached hydrogen (secondary N) is 2. The lowest BCUT2D eigenvalue weighted by Gasteiger charge is -2.24. The summed E-state index contributed by atoms with van der Waals surface area (Å²) in [5, 5.41) is 6.43. The van der Waals surface area contributed by atoms with Gasteiger partial charge in [0, 0.05) is 20.1 Å². The Morgan fingerprint density at radius 2 is 1.85 bits per heavy atom. The van der Waals surface area contributed by atoms with E-state index in [2.05, 4.69) is 15.6 Å². The van der Waals surface area contributed by atoms with Crippen LogP contribution in [-0.4, -0.2) is 26.1 Å². The number of nitrogens with zero attached hydrogens (tertiary/aromatic N) is 1. The minimum absolute atomic E-state index is 0. The highest BCUT2D eigenvalue weighted by molar-refractivity contribution is 14.0. The van der Waals surface area contributed by atoms with E-state index in [1.54, 1.807) is 0 Å². The summed E-state index contributed by atoms with van der Waals surface area (Å²) in [6, 6.07) is 0.643. The second-order valence-corrected chi connectivity index (χ2v) is 3.30. The lowest BCUT2D eigenvalue weighted by atomic mass is 9.96. The van der Waals surface area contributed by atoms with Gasteiger partial charge in [-0.1, -0.05) is 19.3 Å². The number of rotatable bonds is 1.